The van der Waals surface area contributed by atoms with E-state index in [4.69, 9.17) is 2.74 Å². The molecule has 0 aliphatic carbocycles. The fourth-order valence-electron chi connectivity index (χ4n) is 2.05. The van der Waals surface area contributed by atoms with Crippen LogP contribution in [0.3, 0.4) is 0 Å². The summed E-state index contributed by atoms with van der Waals surface area (Å²) >= 11 is 0. The second-order valence-electron chi connectivity index (χ2n) is 5.38. The molecule has 5 nitrogen and oxygen atoms in total. The van der Waals surface area contributed by atoms with E-state index in [0.717, 1.165) is 4.90 Å². The van der Waals surface area contributed by atoms with Crippen LogP contribution in [0.15, 0.2) is 18.2 Å². The van der Waals surface area contributed by atoms with E-state index >= 15 is 0 Å². The molecule has 5 heteroatoms. The van der Waals surface area contributed by atoms with E-state index in [0.29, 0.717) is 0 Å². The minimum atomic E-state index is -0.755. The first-order valence-corrected chi connectivity index (χ1v) is 5.86. The van der Waals surface area contributed by atoms with Gasteiger partial charge in [0.15, 0.2) is 0 Å². The maximum atomic E-state index is 12.5. The third-order valence-corrected chi connectivity index (χ3v) is 2.75. The SMILES string of the molecule is [2H]c1cc(NC(C)=O)c2c(c1[2H])C(=O)N(C(C)(C)C)C2=O. The Labute approximate surface area is 114 Å². The Morgan fingerprint density at radius 1 is 1.32 bits per heavy atom. The molecule has 1 aromatic carbocycles. The Balaban J connectivity index is 2.73. The minimum Gasteiger partial charge on any atom is -0.326 e. The smallest absolute Gasteiger partial charge is 0.264 e. The zero-order valence-corrected chi connectivity index (χ0v) is 11.2. The van der Waals surface area contributed by atoms with Crippen molar-refractivity contribution in [3.8, 4) is 0 Å². The molecule has 0 spiro atoms. The molecular weight excluding hydrogens is 244 g/mol. The van der Waals surface area contributed by atoms with Crippen LogP contribution in [0.2, 0.25) is 0 Å². The van der Waals surface area contributed by atoms with Crippen LogP contribution in [-0.2, 0) is 4.79 Å². The number of nitrogens with one attached hydrogen (secondary N) is 1. The molecule has 1 aromatic rings. The van der Waals surface area contributed by atoms with Crippen molar-refractivity contribution in [3.63, 3.8) is 0 Å². The van der Waals surface area contributed by atoms with Crippen molar-refractivity contribution in [1.29, 1.82) is 0 Å². The Hall–Kier alpha value is -2.17. The lowest BCUT2D eigenvalue weighted by molar-refractivity contribution is -0.114. The van der Waals surface area contributed by atoms with Gasteiger partial charge >= 0.3 is 0 Å². The molecule has 0 aromatic heterocycles. The van der Waals surface area contributed by atoms with Gasteiger partial charge in [-0.1, -0.05) is 6.04 Å². The summed E-state index contributed by atoms with van der Waals surface area (Å²) in [6.07, 6.45) is 0. The van der Waals surface area contributed by atoms with Gasteiger partial charge in [0.05, 0.1) is 19.6 Å². The number of benzene rings is 1. The number of hydrogen-bond donors (Lipinski definition) is 1. The van der Waals surface area contributed by atoms with Gasteiger partial charge in [0.25, 0.3) is 11.8 Å². The van der Waals surface area contributed by atoms with Gasteiger partial charge in [-0.2, -0.15) is 0 Å². The molecule has 2 rings (SSSR count). The lowest BCUT2D eigenvalue weighted by Crippen LogP contribution is -2.45. The quantitative estimate of drug-likeness (QED) is 0.787. The Morgan fingerprint density at radius 3 is 2.47 bits per heavy atom. The van der Waals surface area contributed by atoms with Gasteiger partial charge in [0.1, 0.15) is 0 Å². The first-order chi connectivity index (χ1) is 9.55. The van der Waals surface area contributed by atoms with Crippen LogP contribution in [0, 0.1) is 0 Å². The summed E-state index contributed by atoms with van der Waals surface area (Å²) in [5.74, 6) is -1.57. The summed E-state index contributed by atoms with van der Waals surface area (Å²) in [6.45, 7) is 6.39. The van der Waals surface area contributed by atoms with Crippen LogP contribution < -0.4 is 5.32 Å². The van der Waals surface area contributed by atoms with Gasteiger partial charge < -0.3 is 5.32 Å². The lowest BCUT2D eigenvalue weighted by Gasteiger charge is -2.29. The number of rotatable bonds is 1. The van der Waals surface area contributed by atoms with Crippen molar-refractivity contribution >= 4 is 23.4 Å². The Bertz CT molecular complexity index is 678. The highest BCUT2D eigenvalue weighted by molar-refractivity contribution is 6.24. The van der Waals surface area contributed by atoms with Gasteiger partial charge in [-0.25, -0.2) is 0 Å². The van der Waals surface area contributed by atoms with Crippen LogP contribution in [0.5, 0.6) is 0 Å². The highest BCUT2D eigenvalue weighted by atomic mass is 16.2. The van der Waals surface area contributed by atoms with E-state index in [1.54, 1.807) is 20.8 Å². The molecule has 1 aliphatic heterocycles. The van der Waals surface area contributed by atoms with E-state index in [9.17, 15) is 14.4 Å². The first kappa shape index (κ1) is 10.7. The van der Waals surface area contributed by atoms with Gasteiger partial charge in [0, 0.05) is 12.5 Å². The first-order valence-electron chi connectivity index (χ1n) is 6.86. The molecule has 0 saturated carbocycles. The van der Waals surface area contributed by atoms with E-state index in [-0.39, 0.29) is 28.9 Å². The molecule has 1 aliphatic rings. The predicted octanol–water partition coefficient (Wildman–Crippen LogP) is 2.04. The molecule has 0 unspecified atom stereocenters. The number of nitrogens with zero attached hydrogens (tertiary/aromatic N) is 1. The molecule has 0 radical (unpaired) electrons. The zero-order chi connectivity index (χ0) is 16.1. The van der Waals surface area contributed by atoms with Gasteiger partial charge in [-0.05, 0) is 32.9 Å². The fraction of sp³-hybridized carbons (Fsp3) is 0.357. The molecule has 3 amide bonds. The highest BCUT2D eigenvalue weighted by Gasteiger charge is 2.43. The van der Waals surface area contributed by atoms with E-state index in [2.05, 4.69) is 5.32 Å². The summed E-state index contributed by atoms with van der Waals surface area (Å²) in [7, 11) is 0. The summed E-state index contributed by atoms with van der Waals surface area (Å²) in [5, 5.41) is 2.45. The summed E-state index contributed by atoms with van der Waals surface area (Å²) in [5.41, 5.74) is -0.782. The van der Waals surface area contributed by atoms with E-state index in [1.807, 2.05) is 0 Å². The third-order valence-electron chi connectivity index (χ3n) is 2.75. The molecule has 0 saturated heterocycles. The highest BCUT2D eigenvalue weighted by Crippen LogP contribution is 2.33. The molecule has 0 fully saturated rings. The largest absolute Gasteiger partial charge is 0.326 e. The molecule has 0 atom stereocenters. The van der Waals surface area contributed by atoms with Crippen molar-refractivity contribution in [1.82, 2.24) is 4.90 Å². The molecule has 1 N–H and O–H groups in total. The van der Waals surface area contributed by atoms with Crippen LogP contribution >= 0.6 is 0 Å². The number of imide groups is 1. The number of fused-ring (bicyclic) bond motifs is 1. The topological polar surface area (TPSA) is 66.5 Å². The van der Waals surface area contributed by atoms with Gasteiger partial charge in [-0.3, -0.25) is 19.3 Å². The number of carbonyl (C=O) groups is 3. The van der Waals surface area contributed by atoms with Crippen LogP contribution in [-0.4, -0.2) is 28.2 Å². The van der Waals surface area contributed by atoms with Crippen LogP contribution in [0.25, 0.3) is 0 Å². The monoisotopic (exact) mass is 262 g/mol. The van der Waals surface area contributed by atoms with Crippen molar-refractivity contribution in [2.45, 2.75) is 33.2 Å². The van der Waals surface area contributed by atoms with Crippen molar-refractivity contribution < 1.29 is 17.1 Å². The second-order valence-corrected chi connectivity index (χ2v) is 5.38. The zero-order valence-electron chi connectivity index (χ0n) is 13.2. The normalized spacial score (nSPS) is 16.1. The molecule has 19 heavy (non-hydrogen) atoms. The average Bonchev–Trinajstić information content (AvgIpc) is 2.56. The second kappa shape index (κ2) is 4.19. The molecule has 0 bridgehead atoms. The fourth-order valence-corrected chi connectivity index (χ4v) is 2.05. The van der Waals surface area contributed by atoms with Gasteiger partial charge in [-0.15, -0.1) is 0 Å². The number of anilines is 1. The number of hydrogen-bond acceptors (Lipinski definition) is 3. The van der Waals surface area contributed by atoms with E-state index in [1.165, 1.54) is 13.0 Å². The number of amides is 3. The average molecular weight is 262 g/mol. The van der Waals surface area contributed by atoms with E-state index < -0.39 is 23.3 Å². The maximum Gasteiger partial charge on any atom is 0.264 e. The maximum absolute atomic E-state index is 12.5. The standard InChI is InChI=1S/C14H16N2O3/c1-8(17)15-10-7-5-6-9-11(10)13(19)16(12(9)18)14(2,3)4/h5-7H,1-4H3,(H,15,17)/i5D,6D. The molecule has 100 valence electrons. The van der Waals surface area contributed by atoms with Crippen molar-refractivity contribution in [3.05, 3.63) is 29.3 Å². The minimum absolute atomic E-state index is 0.00822. The van der Waals surface area contributed by atoms with Crippen molar-refractivity contribution in [2.75, 3.05) is 5.32 Å². The Kier molecular flexibility index (Phi) is 2.36. The molecular formula is C14H16N2O3. The predicted molar refractivity (Wildman–Crippen MR) is 71.0 cm³/mol. The summed E-state index contributed by atoms with van der Waals surface area (Å²) in [6, 6.07) is 0.707. The number of carbonyl (C=O) groups excluding carboxylic acids is 3. The van der Waals surface area contributed by atoms with Crippen LogP contribution in [0.4, 0.5) is 5.69 Å². The summed E-state index contributed by atoms with van der Waals surface area (Å²) in [4.78, 5) is 37.3. The van der Waals surface area contributed by atoms with Crippen LogP contribution in [0.1, 0.15) is 51.2 Å². The Morgan fingerprint density at radius 2 is 1.95 bits per heavy atom. The van der Waals surface area contributed by atoms with Crippen molar-refractivity contribution in [2.24, 2.45) is 0 Å². The third kappa shape index (κ3) is 2.12. The molecule has 1 heterocycles. The lowest BCUT2D eigenvalue weighted by atomic mass is 10.1. The summed E-state index contributed by atoms with van der Waals surface area (Å²) < 4.78 is 15.6. The van der Waals surface area contributed by atoms with Gasteiger partial charge in [0.2, 0.25) is 5.91 Å².